The van der Waals surface area contributed by atoms with Crippen molar-refractivity contribution >= 4 is 5.97 Å². The maximum atomic E-state index is 10.8. The molecule has 0 amide bonds. The summed E-state index contributed by atoms with van der Waals surface area (Å²) >= 11 is 0. The molecule has 0 heterocycles. The zero-order valence-corrected chi connectivity index (χ0v) is 9.55. The van der Waals surface area contributed by atoms with Crippen LogP contribution < -0.4 is 0 Å². The number of rotatable bonds is 5. The van der Waals surface area contributed by atoms with E-state index in [1.165, 1.54) is 13.2 Å². The van der Waals surface area contributed by atoms with E-state index < -0.39 is 0 Å². The Morgan fingerprint density at radius 3 is 2.69 bits per heavy atom. The third kappa shape index (κ3) is 4.75. The first-order valence-corrected chi connectivity index (χ1v) is 5.14. The molecule has 0 bridgehead atoms. The number of methoxy groups -OCH3 is 1. The molecule has 1 aromatic rings. The largest absolute Gasteiger partial charge is 0.466 e. The summed E-state index contributed by atoms with van der Waals surface area (Å²) < 4.78 is 10.0. The molecule has 16 heavy (non-hydrogen) atoms. The second-order valence-electron chi connectivity index (χ2n) is 3.38. The van der Waals surface area contributed by atoms with Crippen LogP contribution in [0.25, 0.3) is 0 Å². The Morgan fingerprint density at radius 2 is 2.06 bits per heavy atom. The predicted octanol–water partition coefficient (Wildman–Crippen LogP) is 2.32. The van der Waals surface area contributed by atoms with Gasteiger partial charge in [0.15, 0.2) is 0 Å². The van der Waals surface area contributed by atoms with Crippen molar-refractivity contribution in [1.29, 1.82) is 0 Å². The van der Waals surface area contributed by atoms with Crippen LogP contribution in [0.4, 0.5) is 0 Å². The number of hydrogen-bond donors (Lipinski definition) is 0. The molecule has 0 radical (unpaired) electrons. The van der Waals surface area contributed by atoms with E-state index >= 15 is 0 Å². The first kappa shape index (κ1) is 12.5. The lowest BCUT2D eigenvalue weighted by molar-refractivity contribution is -0.134. The normalized spacial score (nSPS) is 12.6. The highest BCUT2D eigenvalue weighted by Crippen LogP contribution is 2.03. The Morgan fingerprint density at radius 1 is 1.38 bits per heavy atom. The first-order valence-electron chi connectivity index (χ1n) is 5.14. The lowest BCUT2D eigenvalue weighted by Gasteiger charge is -2.08. The Hall–Kier alpha value is -1.61. The number of ether oxygens (including phenoxy) is 2. The Labute approximate surface area is 95.7 Å². The van der Waals surface area contributed by atoms with Crippen molar-refractivity contribution in [3.05, 3.63) is 48.0 Å². The van der Waals surface area contributed by atoms with E-state index in [0.717, 1.165) is 5.56 Å². The van der Waals surface area contributed by atoms with E-state index in [4.69, 9.17) is 4.74 Å². The fourth-order valence-electron chi connectivity index (χ4n) is 1.14. The number of hydrogen-bond acceptors (Lipinski definition) is 3. The highest BCUT2D eigenvalue weighted by Gasteiger charge is 1.99. The molecule has 3 nitrogen and oxygen atoms in total. The van der Waals surface area contributed by atoms with Gasteiger partial charge in [0, 0.05) is 6.08 Å². The Balaban J connectivity index is 2.33. The molecule has 1 rings (SSSR count). The lowest BCUT2D eigenvalue weighted by Crippen LogP contribution is -2.06. The lowest BCUT2D eigenvalue weighted by atomic mass is 10.2. The van der Waals surface area contributed by atoms with Crippen molar-refractivity contribution in [1.82, 2.24) is 0 Å². The van der Waals surface area contributed by atoms with Crippen molar-refractivity contribution in [2.75, 3.05) is 7.11 Å². The van der Waals surface area contributed by atoms with E-state index in [0.29, 0.717) is 6.61 Å². The molecule has 0 unspecified atom stereocenters. The van der Waals surface area contributed by atoms with Gasteiger partial charge in [-0.05, 0) is 18.6 Å². The second-order valence-corrected chi connectivity index (χ2v) is 3.38. The average molecular weight is 220 g/mol. The van der Waals surface area contributed by atoms with Crippen LogP contribution in [0.3, 0.4) is 0 Å². The molecule has 0 aliphatic carbocycles. The van der Waals surface area contributed by atoms with Gasteiger partial charge < -0.3 is 9.47 Å². The number of esters is 1. The first-order chi connectivity index (χ1) is 7.72. The number of benzene rings is 1. The van der Waals surface area contributed by atoms with Gasteiger partial charge in [0.25, 0.3) is 0 Å². The summed E-state index contributed by atoms with van der Waals surface area (Å²) in [5.41, 5.74) is 1.11. The fraction of sp³-hybridized carbons (Fsp3) is 0.308. The molecular formula is C13H16O3. The zero-order valence-electron chi connectivity index (χ0n) is 9.55. The fourth-order valence-corrected chi connectivity index (χ4v) is 1.14. The van der Waals surface area contributed by atoms with Crippen molar-refractivity contribution < 1.29 is 14.3 Å². The standard InChI is InChI=1S/C13H16O3/c1-11(8-9-13(14)15-2)16-10-12-6-4-3-5-7-12/h3-9,11H,10H2,1-2H3/b9-8+/t11-/m0/s1. The molecular weight excluding hydrogens is 204 g/mol. The number of carbonyl (C=O) groups excluding carboxylic acids is 1. The molecule has 86 valence electrons. The molecule has 0 saturated carbocycles. The van der Waals surface area contributed by atoms with Gasteiger partial charge in [-0.2, -0.15) is 0 Å². The smallest absolute Gasteiger partial charge is 0.330 e. The van der Waals surface area contributed by atoms with Crippen LogP contribution in [0.5, 0.6) is 0 Å². The summed E-state index contributed by atoms with van der Waals surface area (Å²) in [6.45, 7) is 2.41. The van der Waals surface area contributed by atoms with Gasteiger partial charge in [-0.25, -0.2) is 4.79 Å². The monoisotopic (exact) mass is 220 g/mol. The zero-order chi connectivity index (χ0) is 11.8. The summed E-state index contributed by atoms with van der Waals surface area (Å²) in [7, 11) is 1.35. The SMILES string of the molecule is COC(=O)/C=C/[C@H](C)OCc1ccccc1. The maximum Gasteiger partial charge on any atom is 0.330 e. The quantitative estimate of drug-likeness (QED) is 0.564. The van der Waals surface area contributed by atoms with Crippen LogP contribution in [0, 0.1) is 0 Å². The molecule has 0 aliphatic rings. The summed E-state index contributed by atoms with van der Waals surface area (Å²) in [4.78, 5) is 10.8. The molecule has 0 aromatic heterocycles. The van der Waals surface area contributed by atoms with Crippen molar-refractivity contribution in [2.45, 2.75) is 19.6 Å². The minimum atomic E-state index is -0.366. The van der Waals surface area contributed by atoms with Crippen LogP contribution in [0.1, 0.15) is 12.5 Å². The van der Waals surface area contributed by atoms with Crippen LogP contribution in [0.15, 0.2) is 42.5 Å². The highest BCUT2D eigenvalue weighted by molar-refractivity contribution is 5.81. The molecule has 3 heteroatoms. The third-order valence-electron chi connectivity index (χ3n) is 2.06. The van der Waals surface area contributed by atoms with Gasteiger partial charge in [0.05, 0.1) is 19.8 Å². The molecule has 1 aromatic carbocycles. The molecule has 1 atom stereocenters. The summed E-state index contributed by atoms with van der Waals surface area (Å²) in [5, 5.41) is 0. The maximum absolute atomic E-state index is 10.8. The van der Waals surface area contributed by atoms with Gasteiger partial charge in [0.1, 0.15) is 0 Å². The van der Waals surface area contributed by atoms with E-state index in [1.807, 2.05) is 37.3 Å². The van der Waals surface area contributed by atoms with E-state index in [2.05, 4.69) is 4.74 Å². The van der Waals surface area contributed by atoms with E-state index in [1.54, 1.807) is 6.08 Å². The highest BCUT2D eigenvalue weighted by atomic mass is 16.5. The van der Waals surface area contributed by atoms with Gasteiger partial charge in [-0.1, -0.05) is 30.3 Å². The average Bonchev–Trinajstić information content (AvgIpc) is 2.34. The van der Waals surface area contributed by atoms with Crippen LogP contribution in [0.2, 0.25) is 0 Å². The second kappa shape index (κ2) is 6.80. The number of carbonyl (C=O) groups is 1. The van der Waals surface area contributed by atoms with Gasteiger partial charge >= 0.3 is 5.97 Å². The van der Waals surface area contributed by atoms with Crippen molar-refractivity contribution in [3.63, 3.8) is 0 Å². The molecule has 0 aliphatic heterocycles. The van der Waals surface area contributed by atoms with Crippen LogP contribution in [-0.2, 0) is 20.9 Å². The van der Waals surface area contributed by atoms with E-state index in [9.17, 15) is 4.79 Å². The Kier molecular flexibility index (Phi) is 5.29. The summed E-state index contributed by atoms with van der Waals surface area (Å²) in [5.74, 6) is -0.366. The van der Waals surface area contributed by atoms with Crippen molar-refractivity contribution in [3.8, 4) is 0 Å². The summed E-state index contributed by atoms with van der Waals surface area (Å²) in [6, 6.07) is 9.89. The topological polar surface area (TPSA) is 35.5 Å². The molecule has 0 N–H and O–H groups in total. The van der Waals surface area contributed by atoms with Crippen LogP contribution >= 0.6 is 0 Å². The van der Waals surface area contributed by atoms with Crippen molar-refractivity contribution in [2.24, 2.45) is 0 Å². The minimum Gasteiger partial charge on any atom is -0.466 e. The van der Waals surface area contributed by atoms with E-state index in [-0.39, 0.29) is 12.1 Å². The molecule has 0 saturated heterocycles. The third-order valence-corrected chi connectivity index (χ3v) is 2.06. The predicted molar refractivity (Wildman–Crippen MR) is 61.8 cm³/mol. The van der Waals surface area contributed by atoms with Gasteiger partial charge in [-0.3, -0.25) is 0 Å². The summed E-state index contributed by atoms with van der Waals surface area (Å²) in [6.07, 6.45) is 2.93. The van der Waals surface area contributed by atoms with Crippen LogP contribution in [-0.4, -0.2) is 19.2 Å². The molecule has 0 fully saturated rings. The van der Waals surface area contributed by atoms with Gasteiger partial charge in [0.2, 0.25) is 0 Å². The molecule has 0 spiro atoms. The minimum absolute atomic E-state index is 0.112. The Bertz CT molecular complexity index is 343. The van der Waals surface area contributed by atoms with Gasteiger partial charge in [-0.15, -0.1) is 0 Å².